The number of ether oxygens (including phenoxy) is 1. The molecule has 0 unspecified atom stereocenters. The molecule has 2 atom stereocenters. The predicted molar refractivity (Wildman–Crippen MR) is 88.2 cm³/mol. The zero-order chi connectivity index (χ0) is 16.1. The van der Waals surface area contributed by atoms with Crippen LogP contribution in [0.15, 0.2) is 58.4 Å². The molecule has 0 fully saturated rings. The van der Waals surface area contributed by atoms with Crippen LogP contribution >= 0.6 is 0 Å². The molecule has 4 rings (SSSR count). The van der Waals surface area contributed by atoms with E-state index in [9.17, 15) is 8.42 Å². The fourth-order valence-electron chi connectivity index (χ4n) is 3.53. The maximum Gasteiger partial charge on any atom is 0.205 e. The first kappa shape index (κ1) is 14.5. The molecule has 2 aromatic rings. The van der Waals surface area contributed by atoms with E-state index < -0.39 is 20.8 Å². The van der Waals surface area contributed by atoms with Crippen LogP contribution in [0, 0.1) is 6.92 Å². The quantitative estimate of drug-likeness (QED) is 0.852. The molecule has 1 spiro atoms. The number of aryl methyl sites for hydroxylation is 2. The van der Waals surface area contributed by atoms with E-state index in [1.54, 1.807) is 12.1 Å². The third-order valence-corrected chi connectivity index (χ3v) is 6.76. The molecule has 1 heterocycles. The summed E-state index contributed by atoms with van der Waals surface area (Å²) in [6, 6.07) is 14.8. The van der Waals surface area contributed by atoms with Crippen molar-refractivity contribution in [3.63, 3.8) is 0 Å². The van der Waals surface area contributed by atoms with E-state index in [0.29, 0.717) is 11.3 Å². The number of benzene rings is 2. The zero-order valence-electron chi connectivity index (χ0n) is 12.8. The molecule has 0 saturated carbocycles. The molecule has 23 heavy (non-hydrogen) atoms. The minimum absolute atomic E-state index is 0.291. The Morgan fingerprint density at radius 1 is 1.13 bits per heavy atom. The van der Waals surface area contributed by atoms with E-state index in [-0.39, 0.29) is 0 Å². The molecule has 0 bridgehead atoms. The number of nitrogens with zero attached hydrogens (tertiary/aromatic N) is 1. The van der Waals surface area contributed by atoms with Gasteiger partial charge in [-0.2, -0.15) is 0 Å². The maximum absolute atomic E-state index is 13.1. The van der Waals surface area contributed by atoms with Crippen LogP contribution in [0.2, 0.25) is 0 Å². The summed E-state index contributed by atoms with van der Waals surface area (Å²) < 4.78 is 32.0. The normalized spacial score (nSPS) is 25.5. The minimum atomic E-state index is -3.61. The highest BCUT2D eigenvalue weighted by atomic mass is 32.2. The Morgan fingerprint density at radius 2 is 1.87 bits per heavy atom. The Labute approximate surface area is 135 Å². The summed E-state index contributed by atoms with van der Waals surface area (Å²) in [7, 11) is -3.61. The number of aliphatic imine (C=N–C) groups is 1. The second-order valence-corrected chi connectivity index (χ2v) is 8.14. The van der Waals surface area contributed by atoms with Gasteiger partial charge in [-0.15, -0.1) is 0 Å². The Bertz CT molecular complexity index is 887. The Kier molecular flexibility index (Phi) is 3.10. The molecule has 118 valence electrons. The molecule has 1 aliphatic carbocycles. The van der Waals surface area contributed by atoms with E-state index >= 15 is 0 Å². The monoisotopic (exact) mass is 327 g/mol. The van der Waals surface area contributed by atoms with Gasteiger partial charge in [-0.3, -0.25) is 0 Å². The number of hydrogen-bond donors (Lipinski definition) is 0. The Morgan fingerprint density at radius 3 is 2.65 bits per heavy atom. The summed E-state index contributed by atoms with van der Waals surface area (Å²) >= 11 is 0. The lowest BCUT2D eigenvalue weighted by molar-refractivity contribution is 0.0826. The SMILES string of the molecule is Cc1ccc(S(=O)(=O)[C@@H]2N=CO[C@]23CCc2ccccc23)cc1. The van der Waals surface area contributed by atoms with E-state index in [0.717, 1.165) is 23.1 Å². The molecule has 0 radical (unpaired) electrons. The summed E-state index contributed by atoms with van der Waals surface area (Å²) in [6.07, 6.45) is 2.74. The van der Waals surface area contributed by atoms with Gasteiger partial charge in [-0.25, -0.2) is 13.4 Å². The molecule has 4 nitrogen and oxygen atoms in total. The number of sulfone groups is 1. The van der Waals surface area contributed by atoms with Crippen molar-refractivity contribution in [2.45, 2.75) is 35.6 Å². The minimum Gasteiger partial charge on any atom is -0.469 e. The van der Waals surface area contributed by atoms with Crippen molar-refractivity contribution >= 4 is 16.2 Å². The lowest BCUT2D eigenvalue weighted by Crippen LogP contribution is -2.40. The lowest BCUT2D eigenvalue weighted by Gasteiger charge is -2.29. The molecule has 0 aromatic heterocycles. The molecule has 0 N–H and O–H groups in total. The molecular weight excluding hydrogens is 310 g/mol. The second-order valence-electron chi connectivity index (χ2n) is 6.13. The first-order valence-electron chi connectivity index (χ1n) is 7.62. The van der Waals surface area contributed by atoms with Crippen molar-refractivity contribution < 1.29 is 13.2 Å². The third kappa shape index (κ3) is 2.03. The van der Waals surface area contributed by atoms with Crippen molar-refractivity contribution in [2.75, 3.05) is 0 Å². The summed E-state index contributed by atoms with van der Waals surface area (Å²) in [5.41, 5.74) is 2.22. The summed E-state index contributed by atoms with van der Waals surface area (Å²) in [6.45, 7) is 1.93. The first-order chi connectivity index (χ1) is 11.0. The average Bonchev–Trinajstić information content (AvgIpc) is 3.15. The van der Waals surface area contributed by atoms with Crippen LogP contribution in [0.1, 0.15) is 23.1 Å². The van der Waals surface area contributed by atoms with Crippen LogP contribution in [0.3, 0.4) is 0 Å². The van der Waals surface area contributed by atoms with E-state index in [4.69, 9.17) is 4.74 Å². The van der Waals surface area contributed by atoms with Crippen molar-refractivity contribution in [2.24, 2.45) is 4.99 Å². The molecule has 1 aliphatic heterocycles. The van der Waals surface area contributed by atoms with Crippen LogP contribution in [0.25, 0.3) is 0 Å². The highest BCUT2D eigenvalue weighted by Crippen LogP contribution is 2.48. The number of fused-ring (bicyclic) bond motifs is 2. The number of hydrogen-bond acceptors (Lipinski definition) is 4. The summed E-state index contributed by atoms with van der Waals surface area (Å²) in [5.74, 6) is 0. The van der Waals surface area contributed by atoms with Gasteiger partial charge < -0.3 is 4.74 Å². The van der Waals surface area contributed by atoms with Crippen LogP contribution in [0.5, 0.6) is 0 Å². The fraction of sp³-hybridized carbons (Fsp3) is 0.278. The van der Waals surface area contributed by atoms with Gasteiger partial charge in [0.05, 0.1) is 4.90 Å². The molecule has 5 heteroatoms. The largest absolute Gasteiger partial charge is 0.469 e. The van der Waals surface area contributed by atoms with Gasteiger partial charge in [-0.05, 0) is 37.5 Å². The first-order valence-corrected chi connectivity index (χ1v) is 9.17. The highest BCUT2D eigenvalue weighted by molar-refractivity contribution is 7.92. The van der Waals surface area contributed by atoms with Crippen molar-refractivity contribution in [3.05, 3.63) is 65.2 Å². The zero-order valence-corrected chi connectivity index (χ0v) is 13.6. The second kappa shape index (κ2) is 4.93. The van der Waals surface area contributed by atoms with Crippen molar-refractivity contribution in [1.82, 2.24) is 0 Å². The smallest absolute Gasteiger partial charge is 0.205 e. The van der Waals surface area contributed by atoms with Crippen LogP contribution < -0.4 is 0 Å². The van der Waals surface area contributed by atoms with E-state index in [1.807, 2.05) is 43.3 Å². The van der Waals surface area contributed by atoms with Crippen molar-refractivity contribution in [3.8, 4) is 0 Å². The van der Waals surface area contributed by atoms with Crippen LogP contribution in [-0.4, -0.2) is 20.2 Å². The van der Waals surface area contributed by atoms with Gasteiger partial charge in [0.1, 0.15) is 0 Å². The molecule has 0 saturated heterocycles. The summed E-state index contributed by atoms with van der Waals surface area (Å²) in [4.78, 5) is 4.50. The predicted octanol–water partition coefficient (Wildman–Crippen LogP) is 3.00. The van der Waals surface area contributed by atoms with Gasteiger partial charge in [0.2, 0.25) is 15.2 Å². The Hall–Kier alpha value is -2.14. The highest BCUT2D eigenvalue weighted by Gasteiger charge is 2.55. The van der Waals surface area contributed by atoms with E-state index in [1.165, 1.54) is 6.40 Å². The van der Waals surface area contributed by atoms with Crippen molar-refractivity contribution in [1.29, 1.82) is 0 Å². The molecule has 0 amide bonds. The number of rotatable bonds is 2. The lowest BCUT2D eigenvalue weighted by atomic mass is 9.96. The Balaban J connectivity index is 1.83. The van der Waals surface area contributed by atoms with E-state index in [2.05, 4.69) is 4.99 Å². The standard InChI is InChI=1S/C18H17NO3S/c1-13-6-8-15(9-7-13)23(20,21)17-18(22-12-19-17)11-10-14-4-2-3-5-16(14)18/h2-9,12,17H,10-11H2,1H3/t17-,18-/m0/s1. The van der Waals surface area contributed by atoms with Gasteiger partial charge >= 0.3 is 0 Å². The molecule has 2 aliphatic rings. The van der Waals surface area contributed by atoms with Crippen LogP contribution in [-0.2, 0) is 26.6 Å². The van der Waals surface area contributed by atoms with Gasteiger partial charge in [0.25, 0.3) is 0 Å². The molecular formula is C18H17NO3S. The molecule has 2 aromatic carbocycles. The maximum atomic E-state index is 13.1. The third-order valence-electron chi connectivity index (χ3n) is 4.74. The van der Waals surface area contributed by atoms with Gasteiger partial charge in [0, 0.05) is 5.56 Å². The average molecular weight is 327 g/mol. The van der Waals surface area contributed by atoms with Gasteiger partial charge in [-0.1, -0.05) is 42.0 Å². The topological polar surface area (TPSA) is 55.7 Å². The summed E-state index contributed by atoms with van der Waals surface area (Å²) in [5, 5.41) is -0.929. The fourth-order valence-corrected chi connectivity index (χ4v) is 5.32. The van der Waals surface area contributed by atoms with Gasteiger partial charge in [0.15, 0.2) is 12.0 Å². The van der Waals surface area contributed by atoms with Crippen LogP contribution in [0.4, 0.5) is 0 Å².